The lowest BCUT2D eigenvalue weighted by Crippen LogP contribution is -2.49. The van der Waals surface area contributed by atoms with Gasteiger partial charge >= 0.3 is 0 Å². The molecule has 0 unspecified atom stereocenters. The Morgan fingerprint density at radius 2 is 1.73 bits per heavy atom. The second-order valence-corrected chi connectivity index (χ2v) is 6.75. The molecule has 1 amide bonds. The molecule has 5 nitrogen and oxygen atoms in total. The Kier molecular flexibility index (Phi) is 5.66. The maximum absolute atomic E-state index is 12.4. The van der Waals surface area contributed by atoms with Gasteiger partial charge in [0.25, 0.3) is 0 Å². The molecule has 26 heavy (non-hydrogen) atoms. The summed E-state index contributed by atoms with van der Waals surface area (Å²) in [6.45, 7) is 7.47. The molecule has 0 aromatic heterocycles. The number of aromatic hydroxyl groups is 1. The molecule has 1 fully saturated rings. The van der Waals surface area contributed by atoms with Gasteiger partial charge in [-0.1, -0.05) is 12.1 Å². The fraction of sp³-hybridized carbons (Fsp3) is 0.381. The summed E-state index contributed by atoms with van der Waals surface area (Å²) in [5, 5.41) is 9.38. The highest BCUT2D eigenvalue weighted by Crippen LogP contribution is 2.21. The molecule has 0 aliphatic carbocycles. The highest BCUT2D eigenvalue weighted by Gasteiger charge is 2.21. The molecule has 1 heterocycles. The molecular weight excluding hydrogens is 328 g/mol. The minimum atomic E-state index is 0.140. The molecule has 138 valence electrons. The van der Waals surface area contributed by atoms with Crippen LogP contribution in [0.25, 0.3) is 0 Å². The lowest BCUT2D eigenvalue weighted by atomic mass is 10.1. The van der Waals surface area contributed by atoms with Gasteiger partial charge in [0, 0.05) is 31.9 Å². The fourth-order valence-electron chi connectivity index (χ4n) is 3.15. The van der Waals surface area contributed by atoms with Crippen LogP contribution in [0.4, 0.5) is 5.69 Å². The van der Waals surface area contributed by atoms with Gasteiger partial charge in [0.1, 0.15) is 11.5 Å². The molecule has 2 aromatic carbocycles. The molecule has 1 saturated heterocycles. The number of nitrogens with zero attached hydrogens (tertiary/aromatic N) is 2. The average Bonchev–Trinajstić information content (AvgIpc) is 2.65. The number of anilines is 1. The first-order valence-electron chi connectivity index (χ1n) is 9.05. The average molecular weight is 354 g/mol. The summed E-state index contributed by atoms with van der Waals surface area (Å²) in [7, 11) is 0. The Bertz CT molecular complexity index is 750. The van der Waals surface area contributed by atoms with Crippen molar-refractivity contribution in [3.8, 4) is 11.5 Å². The second-order valence-electron chi connectivity index (χ2n) is 6.75. The van der Waals surface area contributed by atoms with Crippen molar-refractivity contribution in [2.24, 2.45) is 0 Å². The van der Waals surface area contributed by atoms with Crippen LogP contribution >= 0.6 is 0 Å². The van der Waals surface area contributed by atoms with E-state index in [0.717, 1.165) is 35.7 Å². The monoisotopic (exact) mass is 354 g/mol. The van der Waals surface area contributed by atoms with Gasteiger partial charge in [-0.25, -0.2) is 0 Å². The number of phenolic OH excluding ortho intramolecular Hbond substituents is 1. The van der Waals surface area contributed by atoms with E-state index in [1.165, 1.54) is 0 Å². The third-order valence-electron chi connectivity index (χ3n) is 4.76. The number of carbonyl (C=O) groups excluding carboxylic acids is 1. The molecule has 2 aromatic rings. The maximum atomic E-state index is 12.4. The molecule has 1 aliphatic heterocycles. The van der Waals surface area contributed by atoms with Gasteiger partial charge in [-0.3, -0.25) is 4.79 Å². The standard InChI is InChI=1S/C21H26N2O3/c1-16-3-4-17(2)20(15-16)26-14-9-21(25)23-12-10-22(11-13-23)18-5-7-19(24)8-6-18/h3-8,15,24H,9-14H2,1-2H3. The van der Waals surface area contributed by atoms with Crippen LogP contribution in [0.5, 0.6) is 11.5 Å². The van der Waals surface area contributed by atoms with Gasteiger partial charge in [-0.05, 0) is 55.3 Å². The zero-order chi connectivity index (χ0) is 18.5. The Morgan fingerprint density at radius 3 is 2.42 bits per heavy atom. The van der Waals surface area contributed by atoms with Gasteiger partial charge in [-0.15, -0.1) is 0 Å². The maximum Gasteiger partial charge on any atom is 0.226 e. The molecule has 0 bridgehead atoms. The van der Waals surface area contributed by atoms with E-state index >= 15 is 0 Å². The third-order valence-corrected chi connectivity index (χ3v) is 4.76. The van der Waals surface area contributed by atoms with Crippen molar-refractivity contribution in [3.05, 3.63) is 53.6 Å². The van der Waals surface area contributed by atoms with Crippen molar-refractivity contribution in [2.45, 2.75) is 20.3 Å². The number of carbonyl (C=O) groups is 1. The quantitative estimate of drug-likeness (QED) is 0.896. The van der Waals surface area contributed by atoms with E-state index in [1.54, 1.807) is 12.1 Å². The van der Waals surface area contributed by atoms with Crippen LogP contribution < -0.4 is 9.64 Å². The van der Waals surface area contributed by atoms with Crippen molar-refractivity contribution >= 4 is 11.6 Å². The first-order chi connectivity index (χ1) is 12.5. The Labute approximate surface area is 154 Å². The molecule has 1 aliphatic rings. The topological polar surface area (TPSA) is 53.0 Å². The number of benzene rings is 2. The summed E-state index contributed by atoms with van der Waals surface area (Å²) < 4.78 is 5.80. The molecule has 0 saturated carbocycles. The number of phenols is 1. The summed E-state index contributed by atoms with van der Waals surface area (Å²) >= 11 is 0. The summed E-state index contributed by atoms with van der Waals surface area (Å²) in [4.78, 5) is 16.6. The van der Waals surface area contributed by atoms with Crippen LogP contribution in [-0.2, 0) is 4.79 Å². The molecule has 0 atom stereocenters. The zero-order valence-electron chi connectivity index (χ0n) is 15.4. The first-order valence-corrected chi connectivity index (χ1v) is 9.05. The van der Waals surface area contributed by atoms with Gasteiger partial charge in [0.2, 0.25) is 5.91 Å². The smallest absolute Gasteiger partial charge is 0.226 e. The van der Waals surface area contributed by atoms with Gasteiger partial charge < -0.3 is 19.6 Å². The van der Waals surface area contributed by atoms with E-state index in [9.17, 15) is 9.90 Å². The SMILES string of the molecule is Cc1ccc(C)c(OCCC(=O)N2CCN(c3ccc(O)cc3)CC2)c1. The van der Waals surface area contributed by atoms with Crippen LogP contribution in [0.3, 0.4) is 0 Å². The minimum absolute atomic E-state index is 0.140. The van der Waals surface area contributed by atoms with Gasteiger partial charge in [-0.2, -0.15) is 0 Å². The minimum Gasteiger partial charge on any atom is -0.508 e. The number of aryl methyl sites for hydroxylation is 2. The Hall–Kier alpha value is -2.69. The highest BCUT2D eigenvalue weighted by molar-refractivity contribution is 5.76. The molecule has 5 heteroatoms. The van der Waals surface area contributed by atoms with E-state index in [4.69, 9.17) is 4.74 Å². The van der Waals surface area contributed by atoms with E-state index in [0.29, 0.717) is 26.1 Å². The van der Waals surface area contributed by atoms with Crippen molar-refractivity contribution in [3.63, 3.8) is 0 Å². The van der Waals surface area contributed by atoms with Gasteiger partial charge in [0.15, 0.2) is 0 Å². The molecule has 0 spiro atoms. The summed E-state index contributed by atoms with van der Waals surface area (Å²) in [6.07, 6.45) is 0.395. The van der Waals surface area contributed by atoms with Crippen molar-refractivity contribution in [1.82, 2.24) is 4.90 Å². The number of ether oxygens (including phenoxy) is 1. The van der Waals surface area contributed by atoms with Crippen LogP contribution in [-0.4, -0.2) is 48.7 Å². The predicted molar refractivity (Wildman–Crippen MR) is 103 cm³/mol. The second kappa shape index (κ2) is 8.13. The van der Waals surface area contributed by atoms with Crippen molar-refractivity contribution < 1.29 is 14.6 Å². The molecule has 3 rings (SSSR count). The van der Waals surface area contributed by atoms with Crippen LogP contribution in [0.1, 0.15) is 17.5 Å². The van der Waals surface area contributed by atoms with E-state index < -0.39 is 0 Å². The van der Waals surface area contributed by atoms with Crippen LogP contribution in [0.15, 0.2) is 42.5 Å². The molecular formula is C21H26N2O3. The lowest BCUT2D eigenvalue weighted by Gasteiger charge is -2.36. The van der Waals surface area contributed by atoms with Crippen molar-refractivity contribution in [2.75, 3.05) is 37.7 Å². The summed E-state index contributed by atoms with van der Waals surface area (Å²) in [5.41, 5.74) is 3.32. The third kappa shape index (κ3) is 4.48. The molecule has 1 N–H and O–H groups in total. The number of piperazine rings is 1. The number of hydrogen-bond donors (Lipinski definition) is 1. The van der Waals surface area contributed by atoms with E-state index in [2.05, 4.69) is 11.0 Å². The highest BCUT2D eigenvalue weighted by atomic mass is 16.5. The summed E-state index contributed by atoms with van der Waals surface area (Å²) in [6, 6.07) is 13.3. The largest absolute Gasteiger partial charge is 0.508 e. The number of hydrogen-bond acceptors (Lipinski definition) is 4. The first kappa shape index (κ1) is 18.1. The fourth-order valence-corrected chi connectivity index (χ4v) is 3.15. The van der Waals surface area contributed by atoms with E-state index in [1.807, 2.05) is 43.0 Å². The number of rotatable bonds is 5. The number of amides is 1. The van der Waals surface area contributed by atoms with Crippen LogP contribution in [0, 0.1) is 13.8 Å². The summed E-state index contributed by atoms with van der Waals surface area (Å²) in [5.74, 6) is 1.27. The Morgan fingerprint density at radius 1 is 1.04 bits per heavy atom. The normalized spacial score (nSPS) is 14.4. The van der Waals surface area contributed by atoms with Crippen LogP contribution in [0.2, 0.25) is 0 Å². The Balaban J connectivity index is 1.45. The molecule has 0 radical (unpaired) electrons. The lowest BCUT2D eigenvalue weighted by molar-refractivity contribution is -0.132. The zero-order valence-corrected chi connectivity index (χ0v) is 15.4. The van der Waals surface area contributed by atoms with E-state index in [-0.39, 0.29) is 11.7 Å². The van der Waals surface area contributed by atoms with Crippen molar-refractivity contribution in [1.29, 1.82) is 0 Å². The van der Waals surface area contributed by atoms with Gasteiger partial charge in [0.05, 0.1) is 13.0 Å². The predicted octanol–water partition coefficient (Wildman–Crippen LogP) is 3.13.